The van der Waals surface area contributed by atoms with Crippen molar-refractivity contribution in [3.8, 4) is 23.0 Å². The number of rotatable bonds is 19. The smallest absolute Gasteiger partial charge is 0.493 e. The van der Waals surface area contributed by atoms with Gasteiger partial charge >= 0.3 is 6.16 Å². The molecule has 1 aromatic carbocycles. The second-order valence-electron chi connectivity index (χ2n) is 10.4. The first-order chi connectivity index (χ1) is 25.5. The molecule has 0 fully saturated rings. The van der Waals surface area contributed by atoms with Gasteiger partial charge < -0.3 is 29.4 Å². The summed E-state index contributed by atoms with van der Waals surface area (Å²) in [6.45, 7) is 4.97. The third kappa shape index (κ3) is 12.2. The zero-order valence-electron chi connectivity index (χ0n) is 28.4. The Balaban J connectivity index is 1.65. The highest BCUT2D eigenvalue weighted by molar-refractivity contribution is 7.89. The van der Waals surface area contributed by atoms with E-state index in [1.807, 2.05) is 0 Å². The van der Waals surface area contributed by atoms with Crippen molar-refractivity contribution in [3.05, 3.63) is 90.2 Å². The molecule has 0 saturated carbocycles. The fourth-order valence-corrected chi connectivity index (χ4v) is 4.96. The topological polar surface area (TPSA) is 281 Å². The van der Waals surface area contributed by atoms with Gasteiger partial charge in [-0.2, -0.15) is 8.42 Å². The van der Waals surface area contributed by atoms with Crippen LogP contribution in [0, 0.1) is 6.92 Å². The highest BCUT2D eigenvalue weighted by Crippen LogP contribution is 2.29. The lowest BCUT2D eigenvalue weighted by atomic mass is 10.2. The van der Waals surface area contributed by atoms with Crippen LogP contribution in [0.2, 0.25) is 0 Å². The third-order valence-corrected chi connectivity index (χ3v) is 7.83. The number of nitrogens with one attached hydrogen (secondary N) is 2. The average Bonchev–Trinajstić information content (AvgIpc) is 3.69. The zero-order chi connectivity index (χ0) is 38.2. The number of hydrogen-bond donors (Lipinski definition) is 5. The van der Waals surface area contributed by atoms with Crippen LogP contribution in [-0.4, -0.2) is 100 Å². The SMILES string of the molecule is C=C(/N=C(OCCOC(=O)OCCCCON(O)O)\C(Oc1ccccc1OC)=C(/N)NS(=O)(=O)c1ccc(C)cn1)c1ccnc(-c2nnn[nH]2)c1. The molecule has 0 aliphatic heterocycles. The van der Waals surface area contributed by atoms with Gasteiger partial charge in [-0.05, 0) is 66.1 Å². The monoisotopic (exact) mass is 756 g/mol. The zero-order valence-corrected chi connectivity index (χ0v) is 29.2. The summed E-state index contributed by atoms with van der Waals surface area (Å²) in [6, 6.07) is 12.5. The van der Waals surface area contributed by atoms with Crippen molar-refractivity contribution < 1.29 is 52.1 Å². The number of nitrogens with two attached hydrogens (primary N) is 1. The second kappa shape index (κ2) is 19.4. The summed E-state index contributed by atoms with van der Waals surface area (Å²) in [5.41, 5.74) is 7.97. The van der Waals surface area contributed by atoms with Gasteiger partial charge in [-0.15, -0.1) is 5.10 Å². The predicted octanol–water partition coefficient (Wildman–Crippen LogP) is 2.49. The van der Waals surface area contributed by atoms with E-state index in [1.165, 1.54) is 31.6 Å². The highest BCUT2D eigenvalue weighted by Gasteiger charge is 2.25. The maximum atomic E-state index is 13.4. The molecule has 0 bridgehead atoms. The van der Waals surface area contributed by atoms with Gasteiger partial charge in [0.25, 0.3) is 15.9 Å². The molecule has 0 radical (unpaired) electrons. The molecule has 6 N–H and O–H groups in total. The van der Waals surface area contributed by atoms with Crippen LogP contribution in [0.5, 0.6) is 11.5 Å². The Kier molecular flexibility index (Phi) is 14.5. The van der Waals surface area contributed by atoms with Gasteiger partial charge in [0.15, 0.2) is 28.2 Å². The number of aromatic nitrogens is 6. The highest BCUT2D eigenvalue weighted by atomic mass is 32.2. The molecule has 22 heteroatoms. The van der Waals surface area contributed by atoms with Crippen LogP contribution in [-0.2, 0) is 29.1 Å². The lowest BCUT2D eigenvalue weighted by Crippen LogP contribution is -2.33. The molecule has 0 spiro atoms. The number of sulfonamides is 1. The molecular formula is C31H36N10O11S. The number of aliphatic imine (C=N–C) groups is 1. The van der Waals surface area contributed by atoms with Gasteiger partial charge in [0.2, 0.25) is 5.76 Å². The Morgan fingerprint density at radius 3 is 2.45 bits per heavy atom. The van der Waals surface area contributed by atoms with E-state index in [0.29, 0.717) is 24.1 Å². The number of tetrazole rings is 1. The number of hydrogen-bond acceptors (Lipinski definition) is 19. The molecule has 0 saturated heterocycles. The number of aryl methyl sites for hydroxylation is 1. The number of ether oxygens (including phenoxy) is 5. The summed E-state index contributed by atoms with van der Waals surface area (Å²) >= 11 is 0. The summed E-state index contributed by atoms with van der Waals surface area (Å²) in [5, 5.41) is 29.9. The molecular weight excluding hydrogens is 720 g/mol. The van der Waals surface area contributed by atoms with Crippen molar-refractivity contribution in [2.75, 3.05) is 33.5 Å². The molecule has 0 aliphatic carbocycles. The minimum atomic E-state index is -4.37. The minimum Gasteiger partial charge on any atom is -0.493 e. The second-order valence-corrected chi connectivity index (χ2v) is 12.0. The van der Waals surface area contributed by atoms with E-state index in [1.54, 1.807) is 43.3 Å². The van der Waals surface area contributed by atoms with E-state index >= 15 is 0 Å². The molecule has 53 heavy (non-hydrogen) atoms. The number of nitrogens with zero attached hydrogens (tertiary/aromatic N) is 7. The Labute approximate surface area is 302 Å². The molecule has 4 aromatic rings. The summed E-state index contributed by atoms with van der Waals surface area (Å²) in [4.78, 5) is 29.3. The number of pyridine rings is 2. The number of aromatic amines is 1. The summed E-state index contributed by atoms with van der Waals surface area (Å²) < 4.78 is 56.5. The van der Waals surface area contributed by atoms with Crippen molar-refractivity contribution in [1.82, 2.24) is 40.7 Å². The van der Waals surface area contributed by atoms with E-state index < -0.39 is 39.0 Å². The summed E-state index contributed by atoms with van der Waals surface area (Å²) in [5.74, 6) is -0.764. The summed E-state index contributed by atoms with van der Waals surface area (Å²) in [7, 11) is -2.97. The fourth-order valence-electron chi connectivity index (χ4n) is 4.04. The maximum Gasteiger partial charge on any atom is 0.508 e. The van der Waals surface area contributed by atoms with Crippen LogP contribution < -0.4 is 19.9 Å². The maximum absolute atomic E-state index is 13.4. The third-order valence-electron chi connectivity index (χ3n) is 6.55. The van der Waals surface area contributed by atoms with E-state index in [9.17, 15) is 13.2 Å². The Morgan fingerprint density at radius 1 is 1.02 bits per heavy atom. The first kappa shape index (κ1) is 39.6. The van der Waals surface area contributed by atoms with Gasteiger partial charge in [-0.25, -0.2) is 19.9 Å². The van der Waals surface area contributed by atoms with Gasteiger partial charge in [0.1, 0.15) is 18.9 Å². The number of H-pyrrole nitrogens is 1. The molecule has 0 aliphatic rings. The van der Waals surface area contributed by atoms with E-state index in [2.05, 4.69) is 51.7 Å². The van der Waals surface area contributed by atoms with Crippen molar-refractivity contribution >= 4 is 27.8 Å². The van der Waals surface area contributed by atoms with Crippen LogP contribution in [0.15, 0.2) is 89.1 Å². The molecule has 282 valence electrons. The van der Waals surface area contributed by atoms with Gasteiger partial charge in [-0.1, -0.05) is 24.8 Å². The molecule has 0 amide bonds. The molecule has 0 unspecified atom stereocenters. The molecule has 0 atom stereocenters. The molecule has 4 rings (SSSR count). The lowest BCUT2D eigenvalue weighted by Gasteiger charge is -2.19. The van der Waals surface area contributed by atoms with E-state index in [4.69, 9.17) is 39.8 Å². The predicted molar refractivity (Wildman–Crippen MR) is 182 cm³/mol. The first-order valence-corrected chi connectivity index (χ1v) is 16.9. The van der Waals surface area contributed by atoms with E-state index in [0.717, 1.165) is 5.56 Å². The molecule has 21 nitrogen and oxygen atoms in total. The average molecular weight is 757 g/mol. The summed E-state index contributed by atoms with van der Waals surface area (Å²) in [6.07, 6.45) is 2.50. The van der Waals surface area contributed by atoms with Crippen LogP contribution in [0.25, 0.3) is 17.2 Å². The van der Waals surface area contributed by atoms with Crippen molar-refractivity contribution in [2.24, 2.45) is 10.7 Å². The number of para-hydroxylation sites is 2. The minimum absolute atomic E-state index is 0.0294. The van der Waals surface area contributed by atoms with Crippen LogP contribution in [0.3, 0.4) is 0 Å². The first-order valence-electron chi connectivity index (χ1n) is 15.4. The van der Waals surface area contributed by atoms with E-state index in [-0.39, 0.29) is 54.5 Å². The quantitative estimate of drug-likeness (QED) is 0.0229. The Bertz CT molecular complexity index is 1990. The Morgan fingerprint density at radius 2 is 1.75 bits per heavy atom. The van der Waals surface area contributed by atoms with Crippen LogP contribution in [0.4, 0.5) is 4.79 Å². The fraction of sp³-hybridized carbons (Fsp3) is 0.258. The van der Waals surface area contributed by atoms with Crippen LogP contribution in [0.1, 0.15) is 24.0 Å². The molecule has 3 aromatic heterocycles. The largest absolute Gasteiger partial charge is 0.508 e. The number of benzene rings is 1. The number of carbonyl (C=O) groups excluding carboxylic acids is 1. The normalized spacial score (nSPS) is 12.1. The van der Waals surface area contributed by atoms with Gasteiger partial charge in [0, 0.05) is 18.0 Å². The van der Waals surface area contributed by atoms with Gasteiger partial charge in [0.05, 0.1) is 31.4 Å². The number of methoxy groups -OCH3 is 1. The van der Waals surface area contributed by atoms with Crippen molar-refractivity contribution in [3.63, 3.8) is 0 Å². The van der Waals surface area contributed by atoms with Crippen molar-refractivity contribution in [2.45, 2.75) is 24.8 Å². The van der Waals surface area contributed by atoms with Crippen molar-refractivity contribution in [1.29, 1.82) is 0 Å². The standard InChI is InChI=1S/C31H36N10O11S/c1-20-10-11-26(34-19-20)53(45,46)38-28(32)27(52-25-9-5-4-8-24(25)47-3)30(48-16-17-50-31(42)49-14-6-7-15-51-41(43)44)35-21(2)22-12-13-33-23(18-22)29-36-39-40-37-29/h4-5,8-13,18-19,38,43-44H,2,6-7,14-17,32H2,1,3H3,(H,36,37,39,40)/b28-27-,35-30+. The number of unbranched alkanes of at least 4 members (excludes halogenated alkanes) is 1. The Hall–Kier alpha value is -6.20. The molecule has 3 heterocycles. The number of carbonyl (C=O) groups is 1. The van der Waals surface area contributed by atoms with Crippen LogP contribution >= 0.6 is 0 Å². The van der Waals surface area contributed by atoms with Gasteiger partial charge in [-0.3, -0.25) is 25.0 Å². The lowest BCUT2D eigenvalue weighted by molar-refractivity contribution is -0.492.